The Kier molecular flexibility index (Phi) is 6.50. The van der Waals surface area contributed by atoms with Crippen LogP contribution in [0.4, 0.5) is 11.4 Å². The van der Waals surface area contributed by atoms with Gasteiger partial charge in [0.2, 0.25) is 5.91 Å². The number of nitro groups is 1. The van der Waals surface area contributed by atoms with Crippen molar-refractivity contribution in [3.63, 3.8) is 0 Å². The lowest BCUT2D eigenvalue weighted by Crippen LogP contribution is -2.15. The van der Waals surface area contributed by atoms with Gasteiger partial charge in [-0.2, -0.15) is 0 Å². The van der Waals surface area contributed by atoms with E-state index in [0.29, 0.717) is 33.8 Å². The maximum absolute atomic E-state index is 12.3. The molecule has 3 aromatic rings. The van der Waals surface area contributed by atoms with Gasteiger partial charge in [-0.3, -0.25) is 14.9 Å². The zero-order valence-corrected chi connectivity index (χ0v) is 17.3. The van der Waals surface area contributed by atoms with Crippen LogP contribution in [0.3, 0.4) is 0 Å². The van der Waals surface area contributed by atoms with Crippen LogP contribution in [0.1, 0.15) is 12.5 Å². The molecule has 3 rings (SSSR count). The number of hydrogen-bond donors (Lipinski definition) is 1. The van der Waals surface area contributed by atoms with E-state index in [-0.39, 0.29) is 17.3 Å². The minimum atomic E-state index is -0.470. The van der Waals surface area contributed by atoms with Crippen LogP contribution in [0.15, 0.2) is 47.6 Å². The summed E-state index contributed by atoms with van der Waals surface area (Å²) in [4.78, 5) is 22.7. The van der Waals surface area contributed by atoms with Crippen LogP contribution in [-0.2, 0) is 11.3 Å². The van der Waals surface area contributed by atoms with E-state index in [9.17, 15) is 14.9 Å². The molecule has 1 aromatic heterocycles. The number of aryl methyl sites for hydroxylation is 1. The minimum absolute atomic E-state index is 0.0157. The van der Waals surface area contributed by atoms with E-state index in [1.54, 1.807) is 13.0 Å². The fourth-order valence-corrected chi connectivity index (χ4v) is 3.76. The summed E-state index contributed by atoms with van der Waals surface area (Å²) in [5, 5.41) is 23.2. The second-order valence-electron chi connectivity index (χ2n) is 6.12. The summed E-state index contributed by atoms with van der Waals surface area (Å²) in [6.45, 7) is 4.30. The van der Waals surface area contributed by atoms with E-state index in [1.807, 2.05) is 29.7 Å². The highest BCUT2D eigenvalue weighted by atomic mass is 35.5. The predicted molar refractivity (Wildman–Crippen MR) is 113 cm³/mol. The molecule has 1 N–H and O–H groups in total. The number of benzene rings is 2. The van der Waals surface area contributed by atoms with Crippen LogP contribution >= 0.6 is 23.4 Å². The molecule has 2 aromatic carbocycles. The molecule has 150 valence electrons. The van der Waals surface area contributed by atoms with Gasteiger partial charge in [-0.05, 0) is 37.6 Å². The van der Waals surface area contributed by atoms with Crippen LogP contribution in [0.5, 0.6) is 0 Å². The molecule has 0 aliphatic heterocycles. The Morgan fingerprint density at radius 2 is 2.03 bits per heavy atom. The van der Waals surface area contributed by atoms with E-state index in [4.69, 9.17) is 11.6 Å². The summed E-state index contributed by atoms with van der Waals surface area (Å²) in [6.07, 6.45) is 0. The predicted octanol–water partition coefficient (Wildman–Crippen LogP) is 4.57. The minimum Gasteiger partial charge on any atom is -0.325 e. The monoisotopic (exact) mass is 431 g/mol. The number of nitrogens with one attached hydrogen (secondary N) is 1. The number of nitrogens with zero attached hydrogens (tertiary/aromatic N) is 4. The van der Waals surface area contributed by atoms with E-state index in [0.717, 1.165) is 5.56 Å². The summed E-state index contributed by atoms with van der Waals surface area (Å²) >= 11 is 7.53. The molecule has 0 saturated carbocycles. The molecule has 0 radical (unpaired) electrons. The third kappa shape index (κ3) is 4.75. The van der Waals surface area contributed by atoms with Gasteiger partial charge < -0.3 is 9.88 Å². The number of carbonyl (C=O) groups is 1. The second kappa shape index (κ2) is 9.06. The first-order chi connectivity index (χ1) is 13.9. The Morgan fingerprint density at radius 3 is 2.69 bits per heavy atom. The van der Waals surface area contributed by atoms with Crippen molar-refractivity contribution in [1.29, 1.82) is 0 Å². The van der Waals surface area contributed by atoms with Crippen LogP contribution in [0.25, 0.3) is 11.4 Å². The van der Waals surface area contributed by atoms with Crippen molar-refractivity contribution in [2.45, 2.75) is 25.5 Å². The summed E-state index contributed by atoms with van der Waals surface area (Å²) < 4.78 is 1.90. The number of non-ortho nitro benzene ring substituents is 1. The number of thioether (sulfide) groups is 1. The molecule has 8 nitrogen and oxygen atoms in total. The fraction of sp³-hybridized carbons (Fsp3) is 0.211. The fourth-order valence-electron chi connectivity index (χ4n) is 2.74. The lowest BCUT2D eigenvalue weighted by Gasteiger charge is -2.09. The SMILES string of the molecule is CCn1c(SCC(=O)Nc2ccc([N+](=O)[O-])cc2C)nnc1-c1ccccc1Cl. The summed E-state index contributed by atoms with van der Waals surface area (Å²) in [5.74, 6) is 0.529. The summed E-state index contributed by atoms with van der Waals surface area (Å²) in [5.41, 5.74) is 1.92. The van der Waals surface area contributed by atoms with Crippen molar-refractivity contribution in [3.05, 3.63) is 63.2 Å². The van der Waals surface area contributed by atoms with Crippen molar-refractivity contribution in [2.75, 3.05) is 11.1 Å². The molecule has 0 saturated heterocycles. The third-order valence-corrected chi connectivity index (χ3v) is 5.47. The molecule has 29 heavy (non-hydrogen) atoms. The molecule has 10 heteroatoms. The van der Waals surface area contributed by atoms with Gasteiger partial charge in [-0.25, -0.2) is 0 Å². The summed E-state index contributed by atoms with van der Waals surface area (Å²) in [6, 6.07) is 11.7. The topological polar surface area (TPSA) is 103 Å². The average molecular weight is 432 g/mol. The van der Waals surface area contributed by atoms with Gasteiger partial charge in [0, 0.05) is 29.9 Å². The Morgan fingerprint density at radius 1 is 1.28 bits per heavy atom. The second-order valence-corrected chi connectivity index (χ2v) is 7.47. The molecule has 1 amide bonds. The van der Waals surface area contributed by atoms with E-state index in [1.165, 1.54) is 30.0 Å². The van der Waals surface area contributed by atoms with E-state index >= 15 is 0 Å². The zero-order chi connectivity index (χ0) is 21.0. The number of hydrogen-bond acceptors (Lipinski definition) is 6. The van der Waals surface area contributed by atoms with Gasteiger partial charge in [0.25, 0.3) is 5.69 Å². The Labute approximate surface area is 176 Å². The number of rotatable bonds is 7. The molecule has 1 heterocycles. The van der Waals surface area contributed by atoms with Crippen molar-refractivity contribution in [1.82, 2.24) is 14.8 Å². The Hall–Kier alpha value is -2.91. The Bertz CT molecular complexity index is 1070. The number of carbonyl (C=O) groups excluding carboxylic acids is 1. The smallest absolute Gasteiger partial charge is 0.269 e. The highest BCUT2D eigenvalue weighted by molar-refractivity contribution is 7.99. The lowest BCUT2D eigenvalue weighted by atomic mass is 10.2. The highest BCUT2D eigenvalue weighted by Gasteiger charge is 2.17. The molecule has 0 unspecified atom stereocenters. The third-order valence-electron chi connectivity index (χ3n) is 4.18. The molecule has 0 fully saturated rings. The first-order valence-electron chi connectivity index (χ1n) is 8.76. The number of nitro benzene ring substituents is 1. The maximum Gasteiger partial charge on any atom is 0.269 e. The number of amides is 1. The average Bonchev–Trinajstić information content (AvgIpc) is 3.10. The summed E-state index contributed by atoms with van der Waals surface area (Å²) in [7, 11) is 0. The Balaban J connectivity index is 1.70. The highest BCUT2D eigenvalue weighted by Crippen LogP contribution is 2.29. The largest absolute Gasteiger partial charge is 0.325 e. The first-order valence-corrected chi connectivity index (χ1v) is 10.1. The van der Waals surface area contributed by atoms with Crippen molar-refractivity contribution in [2.24, 2.45) is 0 Å². The van der Waals surface area contributed by atoms with Gasteiger partial charge in [-0.15, -0.1) is 10.2 Å². The number of halogens is 1. The van der Waals surface area contributed by atoms with Crippen LogP contribution in [0.2, 0.25) is 5.02 Å². The molecular weight excluding hydrogens is 414 g/mol. The van der Waals surface area contributed by atoms with Gasteiger partial charge in [-0.1, -0.05) is 35.5 Å². The molecule has 0 aliphatic rings. The van der Waals surface area contributed by atoms with Gasteiger partial charge in [0.1, 0.15) is 0 Å². The molecule has 0 aliphatic carbocycles. The van der Waals surface area contributed by atoms with Gasteiger partial charge in [0.05, 0.1) is 15.7 Å². The van der Waals surface area contributed by atoms with E-state index < -0.39 is 4.92 Å². The van der Waals surface area contributed by atoms with Crippen LogP contribution in [-0.4, -0.2) is 31.3 Å². The molecular formula is C19H18ClN5O3S. The van der Waals surface area contributed by atoms with Crippen molar-refractivity contribution < 1.29 is 9.72 Å². The van der Waals surface area contributed by atoms with Crippen molar-refractivity contribution in [3.8, 4) is 11.4 Å². The number of aromatic nitrogens is 3. The normalized spacial score (nSPS) is 10.7. The maximum atomic E-state index is 12.3. The molecule has 0 spiro atoms. The lowest BCUT2D eigenvalue weighted by molar-refractivity contribution is -0.384. The zero-order valence-electron chi connectivity index (χ0n) is 15.8. The standard InChI is InChI=1S/C19H18ClN5O3S/c1-3-24-18(14-6-4-5-7-15(14)20)22-23-19(24)29-11-17(26)21-16-9-8-13(25(27)28)10-12(16)2/h4-10H,3,11H2,1-2H3,(H,21,26). The molecule has 0 bridgehead atoms. The number of anilines is 1. The van der Waals surface area contributed by atoms with Gasteiger partial charge in [0.15, 0.2) is 11.0 Å². The molecule has 0 atom stereocenters. The van der Waals surface area contributed by atoms with Crippen molar-refractivity contribution >= 4 is 40.6 Å². The van der Waals surface area contributed by atoms with Gasteiger partial charge >= 0.3 is 0 Å². The first kappa shape index (κ1) is 20.8. The quantitative estimate of drug-likeness (QED) is 0.334. The van der Waals surface area contributed by atoms with Crippen LogP contribution in [0, 0.1) is 17.0 Å². The van der Waals surface area contributed by atoms with Crippen LogP contribution < -0.4 is 5.32 Å². The van der Waals surface area contributed by atoms with E-state index in [2.05, 4.69) is 15.5 Å².